The fourth-order valence-corrected chi connectivity index (χ4v) is 2.28. The number of benzene rings is 2. The zero-order valence-corrected chi connectivity index (χ0v) is 11.4. The molecule has 0 radical (unpaired) electrons. The van der Waals surface area contributed by atoms with Crippen molar-refractivity contribution in [2.75, 3.05) is 0 Å². The Hall–Kier alpha value is -2.88. The lowest BCUT2D eigenvalue weighted by Gasteiger charge is -2.04. The van der Waals surface area contributed by atoms with Gasteiger partial charge in [0.25, 0.3) is 0 Å². The minimum atomic E-state index is -0.410. The van der Waals surface area contributed by atoms with Crippen LogP contribution < -0.4 is 4.74 Å². The lowest BCUT2D eigenvalue weighted by molar-refractivity contribution is -0.131. The third-order valence-corrected chi connectivity index (χ3v) is 3.19. The number of para-hydroxylation sites is 1. The Morgan fingerprint density at radius 3 is 2.67 bits per heavy atom. The first-order chi connectivity index (χ1) is 10.1. The van der Waals surface area contributed by atoms with E-state index in [0.29, 0.717) is 16.9 Å². The number of hydrogen-bond acceptors (Lipinski definition) is 3. The van der Waals surface area contributed by atoms with Gasteiger partial charge in [0.05, 0.1) is 0 Å². The largest absolute Gasteiger partial charge is 0.427 e. The van der Waals surface area contributed by atoms with Crippen LogP contribution in [0.1, 0.15) is 22.8 Å². The van der Waals surface area contributed by atoms with Crippen LogP contribution >= 0.6 is 0 Å². The van der Waals surface area contributed by atoms with Gasteiger partial charge in [-0.15, -0.1) is 0 Å². The molecule has 1 heterocycles. The Balaban J connectivity index is 2.00. The third-order valence-electron chi connectivity index (χ3n) is 3.19. The molecule has 4 heteroatoms. The minimum Gasteiger partial charge on any atom is -0.427 e. The number of ketones is 1. The molecule has 3 aromatic rings. The summed E-state index contributed by atoms with van der Waals surface area (Å²) in [5.74, 6) is -0.152. The number of hydrogen-bond donors (Lipinski definition) is 1. The SMILES string of the molecule is CC(=O)Oc1cccc(C(=O)c2c[nH]c3ccccc23)c1. The first-order valence-corrected chi connectivity index (χ1v) is 6.54. The second kappa shape index (κ2) is 5.25. The molecule has 0 saturated heterocycles. The van der Waals surface area contributed by atoms with E-state index < -0.39 is 5.97 Å². The van der Waals surface area contributed by atoms with Crippen molar-refractivity contribution < 1.29 is 14.3 Å². The maximum Gasteiger partial charge on any atom is 0.308 e. The van der Waals surface area contributed by atoms with E-state index in [1.165, 1.54) is 6.92 Å². The van der Waals surface area contributed by atoms with E-state index in [-0.39, 0.29) is 5.78 Å². The van der Waals surface area contributed by atoms with Crippen molar-refractivity contribution in [1.82, 2.24) is 4.98 Å². The second-order valence-corrected chi connectivity index (χ2v) is 4.70. The Labute approximate surface area is 121 Å². The second-order valence-electron chi connectivity index (χ2n) is 4.70. The monoisotopic (exact) mass is 279 g/mol. The number of aromatic amines is 1. The number of aromatic nitrogens is 1. The van der Waals surface area contributed by atoms with E-state index >= 15 is 0 Å². The number of fused-ring (bicyclic) bond motifs is 1. The number of H-pyrrole nitrogens is 1. The normalized spacial score (nSPS) is 10.5. The van der Waals surface area contributed by atoms with Crippen molar-refractivity contribution in [3.8, 4) is 5.75 Å². The van der Waals surface area contributed by atoms with Crippen molar-refractivity contribution in [2.45, 2.75) is 6.92 Å². The van der Waals surface area contributed by atoms with Gasteiger partial charge in [-0.25, -0.2) is 0 Å². The number of esters is 1. The third kappa shape index (κ3) is 2.56. The number of ether oxygens (including phenoxy) is 1. The fraction of sp³-hybridized carbons (Fsp3) is 0.0588. The highest BCUT2D eigenvalue weighted by molar-refractivity contribution is 6.16. The first kappa shape index (κ1) is 13.1. The van der Waals surface area contributed by atoms with Crippen LogP contribution in [0.25, 0.3) is 10.9 Å². The topological polar surface area (TPSA) is 59.2 Å². The summed E-state index contributed by atoms with van der Waals surface area (Å²) in [5, 5.41) is 0.875. The van der Waals surface area contributed by atoms with E-state index in [0.717, 1.165) is 10.9 Å². The van der Waals surface area contributed by atoms with Crippen molar-refractivity contribution in [3.05, 3.63) is 65.9 Å². The summed E-state index contributed by atoms with van der Waals surface area (Å²) < 4.78 is 5.01. The molecule has 0 saturated carbocycles. The molecular weight excluding hydrogens is 266 g/mol. The molecule has 0 atom stereocenters. The molecule has 4 nitrogen and oxygen atoms in total. The summed E-state index contributed by atoms with van der Waals surface area (Å²) >= 11 is 0. The number of carbonyl (C=O) groups excluding carboxylic acids is 2. The zero-order valence-electron chi connectivity index (χ0n) is 11.4. The Morgan fingerprint density at radius 2 is 1.86 bits per heavy atom. The summed E-state index contributed by atoms with van der Waals surface area (Å²) in [6, 6.07) is 14.2. The first-order valence-electron chi connectivity index (χ1n) is 6.54. The van der Waals surface area contributed by atoms with Gasteiger partial charge in [0.1, 0.15) is 5.75 Å². The van der Waals surface area contributed by atoms with Gasteiger partial charge in [-0.2, -0.15) is 0 Å². The van der Waals surface area contributed by atoms with Gasteiger partial charge in [0, 0.05) is 35.2 Å². The Morgan fingerprint density at radius 1 is 1.05 bits per heavy atom. The average Bonchev–Trinajstić information content (AvgIpc) is 2.90. The molecule has 0 bridgehead atoms. The van der Waals surface area contributed by atoms with Crippen LogP contribution in [0.3, 0.4) is 0 Å². The summed E-state index contributed by atoms with van der Waals surface area (Å²) in [6.07, 6.45) is 1.70. The quantitative estimate of drug-likeness (QED) is 0.454. The van der Waals surface area contributed by atoms with Crippen LogP contribution in [0.2, 0.25) is 0 Å². The highest BCUT2D eigenvalue weighted by atomic mass is 16.5. The molecular formula is C17H13NO3. The fourth-order valence-electron chi connectivity index (χ4n) is 2.28. The van der Waals surface area contributed by atoms with Gasteiger partial charge >= 0.3 is 5.97 Å². The van der Waals surface area contributed by atoms with E-state index in [4.69, 9.17) is 4.74 Å². The summed E-state index contributed by atoms with van der Waals surface area (Å²) in [6.45, 7) is 1.33. The molecule has 104 valence electrons. The molecule has 3 rings (SSSR count). The molecule has 0 aliphatic heterocycles. The van der Waals surface area contributed by atoms with Gasteiger partial charge in [-0.3, -0.25) is 9.59 Å². The highest BCUT2D eigenvalue weighted by Gasteiger charge is 2.14. The molecule has 21 heavy (non-hydrogen) atoms. The van der Waals surface area contributed by atoms with E-state index in [9.17, 15) is 9.59 Å². The summed E-state index contributed by atoms with van der Waals surface area (Å²) in [5.41, 5.74) is 2.00. The van der Waals surface area contributed by atoms with Crippen molar-refractivity contribution in [2.24, 2.45) is 0 Å². The van der Waals surface area contributed by atoms with Gasteiger partial charge < -0.3 is 9.72 Å². The van der Waals surface area contributed by atoms with Gasteiger partial charge in [-0.05, 0) is 18.2 Å². The number of rotatable bonds is 3. The van der Waals surface area contributed by atoms with Crippen LogP contribution in [0.5, 0.6) is 5.75 Å². The minimum absolute atomic E-state index is 0.110. The van der Waals surface area contributed by atoms with Gasteiger partial charge in [0.2, 0.25) is 0 Å². The van der Waals surface area contributed by atoms with Crippen LogP contribution in [0.4, 0.5) is 0 Å². The number of carbonyl (C=O) groups is 2. The highest BCUT2D eigenvalue weighted by Crippen LogP contribution is 2.22. The lowest BCUT2D eigenvalue weighted by atomic mass is 10.0. The van der Waals surface area contributed by atoms with E-state index in [2.05, 4.69) is 4.98 Å². The van der Waals surface area contributed by atoms with Gasteiger partial charge in [0.15, 0.2) is 5.78 Å². The van der Waals surface area contributed by atoms with Crippen LogP contribution in [-0.4, -0.2) is 16.7 Å². The zero-order chi connectivity index (χ0) is 14.8. The molecule has 1 aromatic heterocycles. The number of nitrogens with one attached hydrogen (secondary N) is 1. The van der Waals surface area contributed by atoms with Crippen molar-refractivity contribution >= 4 is 22.7 Å². The molecule has 1 N–H and O–H groups in total. The maximum absolute atomic E-state index is 12.6. The van der Waals surface area contributed by atoms with Crippen molar-refractivity contribution in [3.63, 3.8) is 0 Å². The molecule has 0 spiro atoms. The predicted octanol–water partition coefficient (Wildman–Crippen LogP) is 3.32. The lowest BCUT2D eigenvalue weighted by Crippen LogP contribution is -2.04. The molecule has 0 aliphatic rings. The molecule has 2 aromatic carbocycles. The smallest absolute Gasteiger partial charge is 0.308 e. The average molecular weight is 279 g/mol. The van der Waals surface area contributed by atoms with E-state index in [1.54, 1.807) is 30.5 Å². The molecule has 0 amide bonds. The van der Waals surface area contributed by atoms with Gasteiger partial charge in [-0.1, -0.05) is 30.3 Å². The van der Waals surface area contributed by atoms with Crippen LogP contribution in [-0.2, 0) is 4.79 Å². The maximum atomic E-state index is 12.6. The predicted molar refractivity (Wildman–Crippen MR) is 79.5 cm³/mol. The Kier molecular flexibility index (Phi) is 3.28. The Bertz CT molecular complexity index is 833. The molecule has 0 unspecified atom stereocenters. The summed E-state index contributed by atoms with van der Waals surface area (Å²) in [7, 11) is 0. The van der Waals surface area contributed by atoms with E-state index in [1.807, 2.05) is 24.3 Å². The summed E-state index contributed by atoms with van der Waals surface area (Å²) in [4.78, 5) is 26.7. The van der Waals surface area contributed by atoms with Crippen LogP contribution in [0.15, 0.2) is 54.7 Å². The van der Waals surface area contributed by atoms with Crippen molar-refractivity contribution in [1.29, 1.82) is 0 Å². The standard InChI is InChI=1S/C17H13NO3/c1-11(19)21-13-6-4-5-12(9-13)17(20)15-10-18-16-8-3-2-7-14(15)16/h2-10,18H,1H3. The molecule has 0 aliphatic carbocycles. The molecule has 0 fully saturated rings. The van der Waals surface area contributed by atoms with Crippen LogP contribution in [0, 0.1) is 0 Å².